The molecule has 1 heterocycles. The van der Waals surface area contributed by atoms with Crippen molar-refractivity contribution < 1.29 is 0 Å². The molecule has 3 N–H and O–H groups in total. The summed E-state index contributed by atoms with van der Waals surface area (Å²) in [4.78, 5) is 0. The molecular formula is C20H26N2. The minimum atomic E-state index is -0.233. The molecule has 2 nitrogen and oxygen atoms in total. The second kappa shape index (κ2) is 7.08. The van der Waals surface area contributed by atoms with E-state index in [2.05, 4.69) is 66.0 Å². The molecule has 1 aliphatic heterocycles. The molecule has 1 fully saturated rings. The molecule has 0 aliphatic carbocycles. The smallest absolute Gasteiger partial charge is 0.0391 e. The van der Waals surface area contributed by atoms with Crippen LogP contribution in [-0.2, 0) is 12.8 Å². The van der Waals surface area contributed by atoms with Crippen LogP contribution >= 0.6 is 0 Å². The van der Waals surface area contributed by atoms with Crippen LogP contribution < -0.4 is 11.1 Å². The fourth-order valence-electron chi connectivity index (χ4n) is 3.60. The van der Waals surface area contributed by atoms with E-state index in [0.29, 0.717) is 6.04 Å². The van der Waals surface area contributed by atoms with E-state index in [0.717, 1.165) is 19.4 Å². The summed E-state index contributed by atoms with van der Waals surface area (Å²) in [6.45, 7) is 1.09. The van der Waals surface area contributed by atoms with E-state index < -0.39 is 0 Å². The average Bonchev–Trinajstić information content (AvgIpc) is 2.57. The summed E-state index contributed by atoms with van der Waals surface area (Å²) >= 11 is 0. The zero-order valence-corrected chi connectivity index (χ0v) is 13.2. The van der Waals surface area contributed by atoms with Crippen LogP contribution in [0.15, 0.2) is 60.7 Å². The lowest BCUT2D eigenvalue weighted by Crippen LogP contribution is -2.61. The maximum Gasteiger partial charge on any atom is 0.0391 e. The zero-order valence-electron chi connectivity index (χ0n) is 13.2. The van der Waals surface area contributed by atoms with E-state index in [4.69, 9.17) is 5.73 Å². The maximum absolute atomic E-state index is 6.97. The van der Waals surface area contributed by atoms with E-state index in [-0.39, 0.29) is 5.54 Å². The molecule has 1 atom stereocenters. The molecule has 0 saturated carbocycles. The summed E-state index contributed by atoms with van der Waals surface area (Å²) in [6, 6.07) is 21.7. The molecule has 0 bridgehead atoms. The maximum atomic E-state index is 6.97. The van der Waals surface area contributed by atoms with Crippen molar-refractivity contribution in [2.75, 3.05) is 6.54 Å². The van der Waals surface area contributed by atoms with Gasteiger partial charge in [-0.05, 0) is 43.4 Å². The summed E-state index contributed by atoms with van der Waals surface area (Å²) < 4.78 is 0. The van der Waals surface area contributed by atoms with Crippen LogP contribution in [0.1, 0.15) is 30.4 Å². The first kappa shape index (κ1) is 15.3. The highest BCUT2D eigenvalue weighted by Gasteiger charge is 2.35. The molecule has 0 spiro atoms. The Hall–Kier alpha value is -1.64. The van der Waals surface area contributed by atoms with Gasteiger partial charge in [-0.2, -0.15) is 0 Å². The Morgan fingerprint density at radius 2 is 1.41 bits per heavy atom. The molecule has 1 aliphatic rings. The Kier molecular flexibility index (Phi) is 4.91. The van der Waals surface area contributed by atoms with Crippen LogP contribution in [0.4, 0.5) is 0 Å². The monoisotopic (exact) mass is 294 g/mol. The van der Waals surface area contributed by atoms with Gasteiger partial charge in [0.2, 0.25) is 0 Å². The summed E-state index contributed by atoms with van der Waals surface area (Å²) in [7, 11) is 0. The molecule has 3 rings (SSSR count). The minimum absolute atomic E-state index is 0.233. The van der Waals surface area contributed by atoms with Gasteiger partial charge in [0, 0.05) is 11.6 Å². The number of hydrogen-bond donors (Lipinski definition) is 2. The minimum Gasteiger partial charge on any atom is -0.323 e. The fourth-order valence-corrected chi connectivity index (χ4v) is 3.60. The van der Waals surface area contributed by atoms with Gasteiger partial charge in [0.1, 0.15) is 0 Å². The van der Waals surface area contributed by atoms with Gasteiger partial charge in [-0.15, -0.1) is 0 Å². The molecule has 116 valence electrons. The molecule has 22 heavy (non-hydrogen) atoms. The number of benzene rings is 2. The molecule has 0 unspecified atom stereocenters. The third-order valence-corrected chi connectivity index (χ3v) is 4.76. The van der Waals surface area contributed by atoms with Crippen LogP contribution in [0, 0.1) is 0 Å². The van der Waals surface area contributed by atoms with E-state index >= 15 is 0 Å². The fraction of sp³-hybridized carbons (Fsp3) is 0.400. The molecule has 2 aromatic rings. The number of nitrogens with one attached hydrogen (secondary N) is 1. The highest BCUT2D eigenvalue weighted by Crippen LogP contribution is 2.25. The molecule has 1 saturated heterocycles. The van der Waals surface area contributed by atoms with Crippen molar-refractivity contribution in [3.05, 3.63) is 71.8 Å². The van der Waals surface area contributed by atoms with Crippen LogP contribution in [0.5, 0.6) is 0 Å². The third kappa shape index (κ3) is 3.76. The number of nitrogens with two attached hydrogens (primary N) is 1. The zero-order chi connectivity index (χ0) is 15.3. The van der Waals surface area contributed by atoms with Crippen molar-refractivity contribution in [2.45, 2.75) is 43.7 Å². The van der Waals surface area contributed by atoms with Gasteiger partial charge >= 0.3 is 0 Å². The number of rotatable bonds is 5. The second-order valence-corrected chi connectivity index (χ2v) is 6.56. The largest absolute Gasteiger partial charge is 0.323 e. The van der Waals surface area contributed by atoms with Crippen molar-refractivity contribution >= 4 is 0 Å². The highest BCUT2D eigenvalue weighted by molar-refractivity contribution is 5.24. The normalized spacial score (nSPS) is 19.0. The van der Waals surface area contributed by atoms with Crippen molar-refractivity contribution in [3.63, 3.8) is 0 Å². The van der Waals surface area contributed by atoms with Gasteiger partial charge in [-0.1, -0.05) is 67.1 Å². The SMILES string of the molecule is NC(Cc1ccccc1)(Cc1ccccc1)[C@@H]1CCCCN1. The van der Waals surface area contributed by atoms with Crippen LogP contribution in [0.25, 0.3) is 0 Å². The quantitative estimate of drug-likeness (QED) is 0.888. The highest BCUT2D eigenvalue weighted by atomic mass is 15.0. The van der Waals surface area contributed by atoms with E-state index in [1.54, 1.807) is 0 Å². The van der Waals surface area contributed by atoms with Crippen molar-refractivity contribution in [2.24, 2.45) is 5.73 Å². The average molecular weight is 294 g/mol. The predicted molar refractivity (Wildman–Crippen MR) is 92.9 cm³/mol. The van der Waals surface area contributed by atoms with E-state index in [1.165, 1.54) is 30.4 Å². The molecule has 2 aromatic carbocycles. The first-order valence-corrected chi connectivity index (χ1v) is 8.36. The van der Waals surface area contributed by atoms with Gasteiger partial charge in [-0.25, -0.2) is 0 Å². The first-order valence-electron chi connectivity index (χ1n) is 8.36. The van der Waals surface area contributed by atoms with Gasteiger partial charge in [0.15, 0.2) is 0 Å². The Bertz CT molecular complexity index is 517. The lowest BCUT2D eigenvalue weighted by molar-refractivity contribution is 0.245. The number of piperidine rings is 1. The number of hydrogen-bond acceptors (Lipinski definition) is 2. The molecule has 0 aromatic heterocycles. The first-order chi connectivity index (χ1) is 10.8. The standard InChI is InChI=1S/C20H26N2/c21-20(19-13-7-8-14-22-19,15-17-9-3-1-4-10-17)16-18-11-5-2-6-12-18/h1-6,9-12,19,22H,7-8,13-16,21H2/t19-/m0/s1. The lowest BCUT2D eigenvalue weighted by atomic mass is 9.76. The third-order valence-electron chi connectivity index (χ3n) is 4.76. The molecular weight excluding hydrogens is 268 g/mol. The van der Waals surface area contributed by atoms with E-state index in [9.17, 15) is 0 Å². The van der Waals surface area contributed by atoms with Gasteiger partial charge in [0.05, 0.1) is 0 Å². The summed E-state index contributed by atoms with van der Waals surface area (Å²) in [5.74, 6) is 0. The van der Waals surface area contributed by atoms with Crippen molar-refractivity contribution in [3.8, 4) is 0 Å². The van der Waals surface area contributed by atoms with Gasteiger partial charge in [0.25, 0.3) is 0 Å². The van der Waals surface area contributed by atoms with Crippen molar-refractivity contribution in [1.82, 2.24) is 5.32 Å². The summed E-state index contributed by atoms with van der Waals surface area (Å²) in [5, 5.41) is 3.68. The second-order valence-electron chi connectivity index (χ2n) is 6.56. The molecule has 2 heteroatoms. The van der Waals surface area contributed by atoms with E-state index in [1.807, 2.05) is 0 Å². The van der Waals surface area contributed by atoms with Gasteiger partial charge in [-0.3, -0.25) is 0 Å². The van der Waals surface area contributed by atoms with Crippen LogP contribution in [-0.4, -0.2) is 18.1 Å². The summed E-state index contributed by atoms with van der Waals surface area (Å²) in [5.41, 5.74) is 9.40. The molecule has 0 radical (unpaired) electrons. The summed E-state index contributed by atoms with van der Waals surface area (Å²) in [6.07, 6.45) is 5.56. The van der Waals surface area contributed by atoms with Crippen LogP contribution in [0.2, 0.25) is 0 Å². The Balaban J connectivity index is 1.83. The van der Waals surface area contributed by atoms with Crippen LogP contribution in [0.3, 0.4) is 0 Å². The topological polar surface area (TPSA) is 38.0 Å². The lowest BCUT2D eigenvalue weighted by Gasteiger charge is -2.41. The predicted octanol–water partition coefficient (Wildman–Crippen LogP) is 3.31. The van der Waals surface area contributed by atoms with Gasteiger partial charge < -0.3 is 11.1 Å². The molecule has 0 amide bonds. The Labute approximate surface area is 133 Å². The Morgan fingerprint density at radius 3 is 1.86 bits per heavy atom. The Morgan fingerprint density at radius 1 is 0.864 bits per heavy atom. The van der Waals surface area contributed by atoms with Crippen molar-refractivity contribution in [1.29, 1.82) is 0 Å².